The Morgan fingerprint density at radius 2 is 1.52 bits per heavy atom. The highest BCUT2D eigenvalue weighted by atomic mass is 28.4. The minimum absolute atomic E-state index is 0.192. The van der Waals surface area contributed by atoms with E-state index in [4.69, 9.17) is 9.16 Å². The van der Waals surface area contributed by atoms with Crippen molar-refractivity contribution in [1.29, 1.82) is 5.26 Å². The van der Waals surface area contributed by atoms with E-state index in [9.17, 15) is 10.1 Å². The number of ether oxygens (including phenoxy) is 1. The van der Waals surface area contributed by atoms with Crippen molar-refractivity contribution in [2.45, 2.75) is 89.7 Å². The zero-order chi connectivity index (χ0) is 41.6. The molecule has 2 aliphatic rings. The minimum Gasteiger partial charge on any atom is -0.444 e. The van der Waals surface area contributed by atoms with Crippen molar-refractivity contribution in [1.82, 2.24) is 14.8 Å². The van der Waals surface area contributed by atoms with E-state index in [0.29, 0.717) is 17.5 Å². The van der Waals surface area contributed by atoms with Crippen molar-refractivity contribution in [3.63, 3.8) is 0 Å². The Morgan fingerprint density at radius 3 is 2.10 bits per heavy atom. The van der Waals surface area contributed by atoms with Crippen LogP contribution < -0.4 is 10.4 Å². The average molecular weight is 807 g/mol. The first kappa shape index (κ1) is 41.3. The molecule has 1 saturated heterocycles. The second kappa shape index (κ2) is 15.7. The van der Waals surface area contributed by atoms with Gasteiger partial charge in [0.05, 0.1) is 30.8 Å². The van der Waals surface area contributed by atoms with Crippen LogP contribution in [0.5, 0.6) is 0 Å². The van der Waals surface area contributed by atoms with Crippen molar-refractivity contribution < 1.29 is 27.1 Å². The summed E-state index contributed by atoms with van der Waals surface area (Å²) in [7, 11) is -3.28. The summed E-state index contributed by atoms with van der Waals surface area (Å²) in [6.07, 6.45) is -1.41. The molecule has 3 atom stereocenters. The molecular weight excluding hydrogens is 754 g/mol. The molecule has 0 spiro atoms. The van der Waals surface area contributed by atoms with E-state index in [1.165, 1.54) is 4.90 Å². The first-order chi connectivity index (χ1) is 27.4. The Kier molecular flexibility index (Phi) is 11.2. The van der Waals surface area contributed by atoms with Gasteiger partial charge in [0.15, 0.2) is 0 Å². The molecule has 5 aromatic rings. The van der Waals surface area contributed by atoms with Gasteiger partial charge in [0.2, 0.25) is 0 Å². The number of benzene rings is 4. The number of para-hydroxylation sites is 1. The van der Waals surface area contributed by atoms with Crippen LogP contribution in [0.2, 0.25) is 5.04 Å². The van der Waals surface area contributed by atoms with Gasteiger partial charge in [0.1, 0.15) is 11.8 Å². The maximum Gasteiger partial charge on any atom is 0.410 e. The number of nitrogens with one attached hydrogen (secondary N) is 1. The van der Waals surface area contributed by atoms with Crippen LogP contribution >= 0.6 is 0 Å². The van der Waals surface area contributed by atoms with Crippen LogP contribution in [0, 0.1) is 17.2 Å². The van der Waals surface area contributed by atoms with Gasteiger partial charge < -0.3 is 19.0 Å². The third kappa shape index (κ3) is 7.94. The van der Waals surface area contributed by atoms with Gasteiger partial charge in [-0.15, -0.1) is 0 Å². The highest BCUT2D eigenvalue weighted by Crippen LogP contribution is 2.45. The fraction of sp³-hybridized carbons (Fsp3) is 0.404. The summed E-state index contributed by atoms with van der Waals surface area (Å²) in [5.74, 6) is -3.77. The molecule has 58 heavy (non-hydrogen) atoms. The zero-order valence-electron chi connectivity index (χ0n) is 34.4. The Bertz CT molecular complexity index is 2250. The average Bonchev–Trinajstić information content (AvgIpc) is 3.52. The van der Waals surface area contributed by atoms with Gasteiger partial charge in [0.25, 0.3) is 14.2 Å². The van der Waals surface area contributed by atoms with Crippen molar-refractivity contribution in [3.05, 3.63) is 131 Å². The van der Waals surface area contributed by atoms with Crippen molar-refractivity contribution >= 4 is 35.7 Å². The van der Waals surface area contributed by atoms with Crippen LogP contribution in [0.3, 0.4) is 0 Å². The lowest BCUT2D eigenvalue weighted by atomic mass is 9.84. The number of aromatic nitrogens is 1. The molecule has 3 heterocycles. The molecule has 11 heteroatoms. The largest absolute Gasteiger partial charge is 0.444 e. The summed E-state index contributed by atoms with van der Waals surface area (Å²) < 4.78 is 62.2. The number of rotatable bonds is 10. The van der Waals surface area contributed by atoms with E-state index < -0.39 is 62.3 Å². The Labute approximate surface area is 340 Å². The van der Waals surface area contributed by atoms with Gasteiger partial charge in [0, 0.05) is 41.6 Å². The number of carbonyl (C=O) groups excluding carboxylic acids is 1. The zero-order valence-corrected chi connectivity index (χ0v) is 35.4. The smallest absolute Gasteiger partial charge is 0.410 e. The number of alkyl halides is 3. The van der Waals surface area contributed by atoms with Crippen LogP contribution in [0.25, 0.3) is 10.9 Å². The summed E-state index contributed by atoms with van der Waals surface area (Å²) in [5.41, 5.74) is 3.02. The highest BCUT2D eigenvalue weighted by molar-refractivity contribution is 6.99. The lowest BCUT2D eigenvalue weighted by Crippen LogP contribution is -2.67. The number of nitrogens with zero attached hydrogens (tertiary/aromatic N) is 3. The van der Waals surface area contributed by atoms with E-state index in [1.807, 2.05) is 91.9 Å². The monoisotopic (exact) mass is 806 g/mol. The molecule has 0 aliphatic carbocycles. The van der Waals surface area contributed by atoms with Crippen molar-refractivity contribution in [2.24, 2.45) is 5.92 Å². The lowest BCUT2D eigenvalue weighted by Gasteiger charge is -2.45. The molecule has 7 rings (SSSR count). The Morgan fingerprint density at radius 1 is 0.914 bits per heavy atom. The molecule has 0 saturated carbocycles. The molecule has 1 N–H and O–H groups in total. The maximum atomic E-state index is 17.0. The summed E-state index contributed by atoms with van der Waals surface area (Å²) in [6.45, 7) is 12.4. The van der Waals surface area contributed by atoms with Crippen molar-refractivity contribution in [2.75, 3.05) is 26.2 Å². The summed E-state index contributed by atoms with van der Waals surface area (Å²) >= 11 is 0. The molecule has 0 bridgehead atoms. The second-order valence-electron chi connectivity index (χ2n) is 18.0. The van der Waals surface area contributed by atoms with E-state index in [1.54, 1.807) is 43.9 Å². The Balaban J connectivity index is 1.22. The first-order valence-electron chi connectivity index (χ1n) is 20.1. The lowest BCUT2D eigenvalue weighted by molar-refractivity contribution is -0.0821. The number of halogens is 3. The summed E-state index contributed by atoms with van der Waals surface area (Å²) in [5, 5.41) is 12.9. The number of H-pyrrole nitrogens is 1. The van der Waals surface area contributed by atoms with E-state index in [-0.39, 0.29) is 24.7 Å². The third-order valence-corrected chi connectivity index (χ3v) is 16.6. The molecular formula is C47H53F3N4O3Si. The SMILES string of the molecule is C[C@@H]1Cc2c([nH]c3ccccc23)[C@@H](c2ccc(C(F)C3CN(C(=O)OC(C)(C)C)C3)cc2C#N)N1CC(F)(F)CO[Si](c1ccccc1)(c1ccccc1)C(C)(C)C. The number of fused-ring (bicyclic) bond motifs is 3. The topological polar surface area (TPSA) is 81.6 Å². The summed E-state index contributed by atoms with van der Waals surface area (Å²) in [4.78, 5) is 19.3. The molecule has 7 nitrogen and oxygen atoms in total. The molecule has 1 fully saturated rings. The van der Waals surface area contributed by atoms with Crippen LogP contribution in [0.15, 0.2) is 103 Å². The summed E-state index contributed by atoms with van der Waals surface area (Å²) in [6, 6.07) is 33.5. The fourth-order valence-electron chi connectivity index (χ4n) is 8.90. The first-order valence-corrected chi connectivity index (χ1v) is 22.0. The van der Waals surface area contributed by atoms with Gasteiger partial charge in [-0.3, -0.25) is 4.90 Å². The molecule has 304 valence electrons. The van der Waals surface area contributed by atoms with E-state index >= 15 is 13.2 Å². The second-order valence-corrected chi connectivity index (χ2v) is 22.3. The number of amides is 1. The number of likely N-dealkylation sites (tertiary alicyclic amines) is 1. The third-order valence-electron chi connectivity index (χ3n) is 11.6. The van der Waals surface area contributed by atoms with Gasteiger partial charge in [-0.05, 0) is 78.4 Å². The normalized spacial score (nSPS) is 18.7. The van der Waals surface area contributed by atoms with Crippen LogP contribution in [0.4, 0.5) is 18.0 Å². The number of nitriles is 1. The van der Waals surface area contributed by atoms with E-state index in [2.05, 4.69) is 31.8 Å². The van der Waals surface area contributed by atoms with Crippen LogP contribution in [0.1, 0.15) is 88.6 Å². The quantitative estimate of drug-likeness (QED) is 0.142. The molecule has 2 aliphatic heterocycles. The predicted molar refractivity (Wildman–Crippen MR) is 225 cm³/mol. The van der Waals surface area contributed by atoms with E-state index in [0.717, 1.165) is 32.5 Å². The van der Waals surface area contributed by atoms with Crippen LogP contribution in [-0.2, 0) is 15.6 Å². The maximum absolute atomic E-state index is 17.0. The number of carbonyl (C=O) groups is 1. The predicted octanol–water partition coefficient (Wildman–Crippen LogP) is 9.46. The standard InChI is InChI=1S/C47H53F3N4O3Si/c1-31-24-39-38-20-14-15-21-40(38)52-42(39)43(37-23-22-32(25-33(37)26-51)41(48)34-27-53(28-34)44(55)57-45(2,3)4)54(31)29-47(49,50)30-56-58(46(5,6)7,35-16-10-8-11-17-35)36-18-12-9-13-19-36/h8-23,25,31,34,41,43,52H,24,27-30H2,1-7H3/t31-,41?,43-/m1/s1. The van der Waals surface area contributed by atoms with Gasteiger partial charge in [-0.25, -0.2) is 18.0 Å². The molecule has 1 unspecified atom stereocenters. The Hall–Kier alpha value is -4.89. The number of hydrogen-bond acceptors (Lipinski definition) is 5. The van der Waals surface area contributed by atoms with Gasteiger partial charge in [-0.2, -0.15) is 5.26 Å². The number of hydrogen-bond donors (Lipinski definition) is 1. The van der Waals surface area contributed by atoms with Crippen LogP contribution in [-0.4, -0.2) is 73.0 Å². The van der Waals surface area contributed by atoms with Gasteiger partial charge >= 0.3 is 6.09 Å². The molecule has 4 aromatic carbocycles. The highest BCUT2D eigenvalue weighted by Gasteiger charge is 2.52. The van der Waals surface area contributed by atoms with Gasteiger partial charge in [-0.1, -0.05) is 112 Å². The van der Waals surface area contributed by atoms with Crippen molar-refractivity contribution in [3.8, 4) is 6.07 Å². The number of aromatic amines is 1. The molecule has 1 amide bonds. The fourth-order valence-corrected chi connectivity index (χ4v) is 13.5. The molecule has 1 aromatic heterocycles. The minimum atomic E-state index is -3.30. The molecule has 0 radical (unpaired) electrons.